The van der Waals surface area contributed by atoms with Crippen LogP contribution in [-0.4, -0.2) is 45.6 Å². The average molecular weight is 358 g/mol. The van der Waals surface area contributed by atoms with Crippen molar-refractivity contribution in [2.24, 2.45) is 0 Å². The van der Waals surface area contributed by atoms with Crippen molar-refractivity contribution in [3.8, 4) is 0 Å². The molecule has 0 spiro atoms. The lowest BCUT2D eigenvalue weighted by Gasteiger charge is -2.24. The molecule has 3 rings (SSSR count). The third kappa shape index (κ3) is 3.55. The Kier molecular flexibility index (Phi) is 5.38. The molecule has 140 valence electrons. The number of unbranched alkanes of at least 4 members (excludes halogenated alkanes) is 3. The van der Waals surface area contributed by atoms with Crippen LogP contribution in [0.15, 0.2) is 21.9 Å². The lowest BCUT2D eigenvalue weighted by molar-refractivity contribution is -0.244. The summed E-state index contributed by atoms with van der Waals surface area (Å²) in [6.45, 7) is 1.18. The van der Waals surface area contributed by atoms with Crippen molar-refractivity contribution in [2.75, 3.05) is 6.61 Å². The van der Waals surface area contributed by atoms with E-state index < -0.39 is 48.4 Å². The fourth-order valence-corrected chi connectivity index (χ4v) is 3.26. The van der Waals surface area contributed by atoms with E-state index in [2.05, 4.69) is 11.9 Å². The van der Waals surface area contributed by atoms with Gasteiger partial charge in [0.25, 0.3) is 11.4 Å². The van der Waals surface area contributed by atoms with Gasteiger partial charge in [0.2, 0.25) is 0 Å². The Bertz CT molecular complexity index is 706. The first-order valence-electron chi connectivity index (χ1n) is 8.58. The van der Waals surface area contributed by atoms with Crippen LogP contribution in [0.4, 0.5) is 4.39 Å². The van der Waals surface area contributed by atoms with Crippen LogP contribution in [0.25, 0.3) is 0 Å². The minimum atomic E-state index is -2.47. The van der Waals surface area contributed by atoms with Crippen LogP contribution >= 0.6 is 0 Å². The first kappa shape index (κ1) is 18.2. The summed E-state index contributed by atoms with van der Waals surface area (Å²) >= 11 is 0. The molecule has 1 unspecified atom stereocenters. The third-order valence-electron chi connectivity index (χ3n) is 4.56. The van der Waals surface area contributed by atoms with E-state index >= 15 is 0 Å². The van der Waals surface area contributed by atoms with Crippen molar-refractivity contribution in [3.63, 3.8) is 0 Å². The Hall–Kier alpha value is -1.55. The molecule has 25 heavy (non-hydrogen) atoms. The summed E-state index contributed by atoms with van der Waals surface area (Å²) in [6.07, 6.45) is 2.13. The van der Waals surface area contributed by atoms with Gasteiger partial charge in [0.05, 0.1) is 0 Å². The van der Waals surface area contributed by atoms with Gasteiger partial charge in [-0.15, -0.1) is 0 Å². The highest BCUT2D eigenvalue weighted by molar-refractivity contribution is 5.01. The number of alkyl halides is 1. The molecule has 2 fully saturated rings. The van der Waals surface area contributed by atoms with Crippen LogP contribution in [0.1, 0.15) is 45.3 Å². The molecule has 0 amide bonds. The fourth-order valence-electron chi connectivity index (χ4n) is 3.26. The summed E-state index contributed by atoms with van der Waals surface area (Å²) in [6, 6.07) is 1.13. The highest BCUT2D eigenvalue weighted by atomic mass is 19.2. The Balaban J connectivity index is 1.78. The highest BCUT2D eigenvalue weighted by Gasteiger charge is 2.62. The molecule has 1 aromatic heterocycles. The zero-order valence-electron chi connectivity index (χ0n) is 14.0. The van der Waals surface area contributed by atoms with E-state index in [-0.39, 0.29) is 0 Å². The second-order valence-corrected chi connectivity index (χ2v) is 6.41. The summed E-state index contributed by atoms with van der Waals surface area (Å²) in [7, 11) is 0. The standard InChI is InChI=1S/C16H23FN2O6/c1-2-3-4-5-6-11-23-12-13(24-11)16(17,9-20)25-14(12)19-8-7-10(21)18-15(19)22/h7-8,11-14,20H,2-6,9H2,1H3,(H,18,21,22)/t11?,12-,13+,14-,16-/m1/s1. The van der Waals surface area contributed by atoms with E-state index in [1.807, 2.05) is 0 Å². The first-order chi connectivity index (χ1) is 12.0. The fraction of sp³-hybridized carbons (Fsp3) is 0.750. The van der Waals surface area contributed by atoms with Crippen molar-refractivity contribution in [1.82, 2.24) is 9.55 Å². The number of nitrogens with one attached hydrogen (secondary N) is 1. The molecule has 1 aromatic rings. The topological polar surface area (TPSA) is 103 Å². The lowest BCUT2D eigenvalue weighted by Crippen LogP contribution is -2.41. The Morgan fingerprint density at radius 1 is 1.32 bits per heavy atom. The number of aliphatic hydroxyl groups excluding tert-OH is 1. The van der Waals surface area contributed by atoms with E-state index in [1.54, 1.807) is 0 Å². The lowest BCUT2D eigenvalue weighted by atomic mass is 10.1. The van der Waals surface area contributed by atoms with Gasteiger partial charge in [-0.2, -0.15) is 0 Å². The van der Waals surface area contributed by atoms with E-state index in [0.29, 0.717) is 6.42 Å². The zero-order chi connectivity index (χ0) is 18.0. The molecule has 0 aliphatic carbocycles. The Labute approximate surface area is 143 Å². The predicted octanol–water partition coefficient (Wildman–Crippen LogP) is 0.804. The molecule has 3 heterocycles. The van der Waals surface area contributed by atoms with E-state index in [0.717, 1.165) is 36.3 Å². The zero-order valence-corrected chi connectivity index (χ0v) is 14.0. The molecule has 5 atom stereocenters. The minimum absolute atomic E-state index is 0.568. The summed E-state index contributed by atoms with van der Waals surface area (Å²) in [4.78, 5) is 25.3. The smallest absolute Gasteiger partial charge is 0.330 e. The largest absolute Gasteiger partial charge is 0.390 e. The van der Waals surface area contributed by atoms with Crippen LogP contribution in [0.2, 0.25) is 0 Å². The maximum absolute atomic E-state index is 14.9. The molecule has 0 saturated carbocycles. The molecule has 0 radical (unpaired) electrons. The number of aliphatic hydroxyl groups is 1. The maximum atomic E-state index is 14.9. The van der Waals surface area contributed by atoms with Crippen molar-refractivity contribution in [3.05, 3.63) is 33.1 Å². The van der Waals surface area contributed by atoms with Gasteiger partial charge in [0.15, 0.2) is 18.6 Å². The summed E-state index contributed by atoms with van der Waals surface area (Å²) in [5.74, 6) is -2.47. The van der Waals surface area contributed by atoms with Crippen molar-refractivity contribution < 1.29 is 23.7 Å². The molecule has 2 aliphatic heterocycles. The van der Waals surface area contributed by atoms with Gasteiger partial charge < -0.3 is 19.3 Å². The first-order valence-corrected chi connectivity index (χ1v) is 8.58. The molecule has 2 N–H and O–H groups in total. The number of hydrogen-bond donors (Lipinski definition) is 2. The Morgan fingerprint density at radius 2 is 2.12 bits per heavy atom. The summed E-state index contributed by atoms with van der Waals surface area (Å²) in [5.41, 5.74) is -1.31. The summed E-state index contributed by atoms with van der Waals surface area (Å²) < 4.78 is 32.6. The number of ether oxygens (including phenoxy) is 3. The molecule has 9 heteroatoms. The number of H-pyrrole nitrogens is 1. The van der Waals surface area contributed by atoms with Gasteiger partial charge in [-0.05, 0) is 12.8 Å². The normalized spacial score (nSPS) is 34.4. The molecule has 2 saturated heterocycles. The van der Waals surface area contributed by atoms with Crippen molar-refractivity contribution in [1.29, 1.82) is 0 Å². The Morgan fingerprint density at radius 3 is 2.80 bits per heavy atom. The van der Waals surface area contributed by atoms with Gasteiger partial charge in [-0.1, -0.05) is 26.2 Å². The molecule has 2 aliphatic rings. The van der Waals surface area contributed by atoms with E-state index in [9.17, 15) is 19.1 Å². The van der Waals surface area contributed by atoms with E-state index in [4.69, 9.17) is 14.2 Å². The number of nitrogens with zero attached hydrogens (tertiary/aromatic N) is 1. The summed E-state index contributed by atoms with van der Waals surface area (Å²) in [5, 5.41) is 9.40. The second-order valence-electron chi connectivity index (χ2n) is 6.41. The van der Waals surface area contributed by atoms with Crippen molar-refractivity contribution >= 4 is 0 Å². The third-order valence-corrected chi connectivity index (χ3v) is 4.56. The molecular weight excluding hydrogens is 335 g/mol. The minimum Gasteiger partial charge on any atom is -0.390 e. The van der Waals surface area contributed by atoms with Gasteiger partial charge in [-0.3, -0.25) is 14.3 Å². The van der Waals surface area contributed by atoms with Gasteiger partial charge in [0, 0.05) is 12.3 Å². The maximum Gasteiger partial charge on any atom is 0.330 e. The molecular formula is C16H23FN2O6. The van der Waals surface area contributed by atoms with Crippen LogP contribution in [0.5, 0.6) is 0 Å². The van der Waals surface area contributed by atoms with Gasteiger partial charge in [-0.25, -0.2) is 9.18 Å². The molecule has 0 bridgehead atoms. The average Bonchev–Trinajstić information content (AvgIpc) is 3.11. The van der Waals surface area contributed by atoms with Crippen LogP contribution in [0, 0.1) is 0 Å². The second kappa shape index (κ2) is 7.36. The van der Waals surface area contributed by atoms with Crippen LogP contribution < -0.4 is 11.2 Å². The monoisotopic (exact) mass is 358 g/mol. The highest BCUT2D eigenvalue weighted by Crippen LogP contribution is 2.46. The number of rotatable bonds is 7. The van der Waals surface area contributed by atoms with Crippen molar-refractivity contribution in [2.45, 2.75) is 69.6 Å². The van der Waals surface area contributed by atoms with Crippen LogP contribution in [-0.2, 0) is 14.2 Å². The van der Waals surface area contributed by atoms with Gasteiger partial charge in [0.1, 0.15) is 12.7 Å². The number of aromatic amines is 1. The number of hydrogen-bond acceptors (Lipinski definition) is 6. The molecule has 0 aromatic carbocycles. The number of fused-ring (bicyclic) bond motifs is 1. The quantitative estimate of drug-likeness (QED) is 0.699. The van der Waals surface area contributed by atoms with Gasteiger partial charge >= 0.3 is 5.69 Å². The number of aromatic nitrogens is 2. The number of halogens is 1. The SMILES string of the molecule is CCCCCCC1O[C@H]2[C@H](n3ccc(=O)[nH]c3=O)O[C@](F)(CO)[C@H]2O1. The van der Waals surface area contributed by atoms with Crippen LogP contribution in [0.3, 0.4) is 0 Å². The molecule has 8 nitrogen and oxygen atoms in total. The van der Waals surface area contributed by atoms with E-state index in [1.165, 1.54) is 6.20 Å². The predicted molar refractivity (Wildman–Crippen MR) is 84.7 cm³/mol.